The Morgan fingerprint density at radius 2 is 2.00 bits per heavy atom. The average molecular weight is 431 g/mol. The van der Waals surface area contributed by atoms with Crippen LogP contribution in [0.5, 0.6) is 0 Å². The molecule has 0 aliphatic carbocycles. The molecule has 1 aliphatic rings. The SMILES string of the molecule is CCN1C(=O)/C(=C/c2cccc(Br)c2)SC1=Nc1ccc(C(=O)O)cc1. The Morgan fingerprint density at radius 3 is 2.62 bits per heavy atom. The molecule has 1 aliphatic heterocycles. The zero-order chi connectivity index (χ0) is 18.7. The molecule has 0 saturated carbocycles. The van der Waals surface area contributed by atoms with Crippen LogP contribution in [0.4, 0.5) is 5.69 Å². The van der Waals surface area contributed by atoms with Gasteiger partial charge in [0.25, 0.3) is 5.91 Å². The predicted molar refractivity (Wildman–Crippen MR) is 108 cm³/mol. The Kier molecular flexibility index (Phi) is 5.58. The molecule has 2 aromatic carbocycles. The van der Waals surface area contributed by atoms with Crippen molar-refractivity contribution in [1.29, 1.82) is 0 Å². The molecule has 1 saturated heterocycles. The quantitative estimate of drug-likeness (QED) is 0.708. The largest absolute Gasteiger partial charge is 0.478 e. The van der Waals surface area contributed by atoms with Crippen molar-refractivity contribution in [2.45, 2.75) is 6.92 Å². The lowest BCUT2D eigenvalue weighted by atomic mass is 10.2. The van der Waals surface area contributed by atoms with Gasteiger partial charge in [0.2, 0.25) is 0 Å². The van der Waals surface area contributed by atoms with Crippen molar-refractivity contribution in [2.75, 3.05) is 6.54 Å². The molecule has 1 fully saturated rings. The minimum atomic E-state index is -0.982. The lowest BCUT2D eigenvalue weighted by molar-refractivity contribution is -0.122. The van der Waals surface area contributed by atoms with Gasteiger partial charge < -0.3 is 5.11 Å². The van der Waals surface area contributed by atoms with Gasteiger partial charge in [-0.3, -0.25) is 9.69 Å². The average Bonchev–Trinajstić information content (AvgIpc) is 2.90. The number of carboxylic acid groups (broad SMARTS) is 1. The maximum atomic E-state index is 12.6. The molecule has 1 N–H and O–H groups in total. The van der Waals surface area contributed by atoms with Crippen molar-refractivity contribution in [3.05, 3.63) is 69.0 Å². The normalized spacial score (nSPS) is 17.3. The molecule has 3 rings (SSSR count). The number of amidine groups is 1. The first-order valence-corrected chi connectivity index (χ1v) is 9.48. The van der Waals surface area contributed by atoms with Gasteiger partial charge in [-0.05, 0) is 66.7 Å². The number of carbonyl (C=O) groups is 2. The molecule has 0 atom stereocenters. The third kappa shape index (κ3) is 4.05. The van der Waals surface area contributed by atoms with Crippen LogP contribution in [0.2, 0.25) is 0 Å². The molecule has 1 amide bonds. The van der Waals surface area contributed by atoms with Gasteiger partial charge in [-0.2, -0.15) is 0 Å². The molecule has 26 heavy (non-hydrogen) atoms. The number of hydrogen-bond acceptors (Lipinski definition) is 4. The van der Waals surface area contributed by atoms with Crippen LogP contribution in [0.3, 0.4) is 0 Å². The highest BCUT2D eigenvalue weighted by Gasteiger charge is 2.32. The fraction of sp³-hybridized carbons (Fsp3) is 0.105. The Bertz CT molecular complexity index is 923. The van der Waals surface area contributed by atoms with Gasteiger partial charge in [-0.1, -0.05) is 28.1 Å². The molecule has 7 heteroatoms. The number of carbonyl (C=O) groups excluding carboxylic acids is 1. The minimum Gasteiger partial charge on any atom is -0.478 e. The maximum Gasteiger partial charge on any atom is 0.335 e. The van der Waals surface area contributed by atoms with Gasteiger partial charge in [0.05, 0.1) is 16.2 Å². The Hall–Kier alpha value is -2.38. The first kappa shape index (κ1) is 18.4. The summed E-state index contributed by atoms with van der Waals surface area (Å²) in [6, 6.07) is 14.0. The molecule has 0 unspecified atom stereocenters. The van der Waals surface area contributed by atoms with Gasteiger partial charge in [-0.25, -0.2) is 9.79 Å². The standard InChI is InChI=1S/C19H15BrN2O3S/c1-2-22-17(23)16(11-12-4-3-5-14(20)10-12)26-19(22)21-15-8-6-13(7-9-15)18(24)25/h3-11H,2H2,1H3,(H,24,25)/b16-11-,21-19?. The van der Waals surface area contributed by atoms with Crippen LogP contribution in [0, 0.1) is 0 Å². The van der Waals surface area contributed by atoms with E-state index in [2.05, 4.69) is 20.9 Å². The monoisotopic (exact) mass is 430 g/mol. The second kappa shape index (κ2) is 7.88. The third-order valence-corrected chi connectivity index (χ3v) is 5.19. The molecule has 5 nitrogen and oxygen atoms in total. The number of aromatic carboxylic acids is 1. The third-order valence-electron chi connectivity index (χ3n) is 3.69. The van der Waals surface area contributed by atoms with E-state index in [9.17, 15) is 9.59 Å². The van der Waals surface area contributed by atoms with Crippen LogP contribution in [0.1, 0.15) is 22.8 Å². The second-order valence-corrected chi connectivity index (χ2v) is 7.39. The van der Waals surface area contributed by atoms with E-state index in [-0.39, 0.29) is 11.5 Å². The number of hydrogen-bond donors (Lipinski definition) is 1. The van der Waals surface area contributed by atoms with Gasteiger partial charge in [0.15, 0.2) is 5.17 Å². The topological polar surface area (TPSA) is 70.0 Å². The minimum absolute atomic E-state index is 0.0848. The van der Waals surface area contributed by atoms with Gasteiger partial charge in [0.1, 0.15) is 0 Å². The number of likely N-dealkylation sites (N-methyl/N-ethyl adjacent to an activating group) is 1. The van der Waals surface area contributed by atoms with E-state index < -0.39 is 5.97 Å². The van der Waals surface area contributed by atoms with Crippen LogP contribution < -0.4 is 0 Å². The highest BCUT2D eigenvalue weighted by Crippen LogP contribution is 2.34. The van der Waals surface area contributed by atoms with Crippen LogP contribution in [-0.4, -0.2) is 33.6 Å². The highest BCUT2D eigenvalue weighted by atomic mass is 79.9. The lowest BCUT2D eigenvalue weighted by Crippen LogP contribution is -2.28. The Labute approximate surface area is 163 Å². The van der Waals surface area contributed by atoms with Gasteiger partial charge in [-0.15, -0.1) is 0 Å². The number of aliphatic imine (C=N–C) groups is 1. The van der Waals surface area contributed by atoms with Crippen molar-refractivity contribution in [2.24, 2.45) is 4.99 Å². The molecule has 0 bridgehead atoms. The fourth-order valence-electron chi connectivity index (χ4n) is 2.41. The Morgan fingerprint density at radius 1 is 1.27 bits per heavy atom. The van der Waals surface area contributed by atoms with Crippen LogP contribution in [-0.2, 0) is 4.79 Å². The van der Waals surface area contributed by atoms with Crippen molar-refractivity contribution in [3.8, 4) is 0 Å². The van der Waals surface area contributed by atoms with E-state index in [1.165, 1.54) is 23.9 Å². The maximum absolute atomic E-state index is 12.6. The molecule has 0 radical (unpaired) electrons. The van der Waals surface area contributed by atoms with E-state index in [1.54, 1.807) is 17.0 Å². The number of carboxylic acids is 1. The van der Waals surface area contributed by atoms with Crippen molar-refractivity contribution in [3.63, 3.8) is 0 Å². The fourth-order valence-corrected chi connectivity index (χ4v) is 3.89. The van der Waals surface area contributed by atoms with E-state index >= 15 is 0 Å². The van der Waals surface area contributed by atoms with Gasteiger partial charge in [0, 0.05) is 11.0 Å². The van der Waals surface area contributed by atoms with Crippen molar-refractivity contribution >= 4 is 56.5 Å². The predicted octanol–water partition coefficient (Wildman–Crippen LogP) is 4.77. The summed E-state index contributed by atoms with van der Waals surface area (Å²) in [6.45, 7) is 2.40. The van der Waals surface area contributed by atoms with Crippen molar-refractivity contribution in [1.82, 2.24) is 4.90 Å². The summed E-state index contributed by atoms with van der Waals surface area (Å²) < 4.78 is 0.946. The smallest absolute Gasteiger partial charge is 0.335 e. The molecule has 0 aromatic heterocycles. The zero-order valence-corrected chi connectivity index (χ0v) is 16.3. The van der Waals surface area contributed by atoms with Crippen molar-refractivity contribution < 1.29 is 14.7 Å². The molecule has 1 heterocycles. The number of nitrogens with zero attached hydrogens (tertiary/aromatic N) is 2. The first-order valence-electron chi connectivity index (χ1n) is 7.87. The van der Waals surface area contributed by atoms with E-state index in [1.807, 2.05) is 37.3 Å². The molecule has 2 aromatic rings. The van der Waals surface area contributed by atoms with E-state index in [0.29, 0.717) is 22.3 Å². The van der Waals surface area contributed by atoms with Crippen LogP contribution >= 0.6 is 27.7 Å². The molecule has 132 valence electrons. The molecular formula is C19H15BrN2O3S. The summed E-state index contributed by atoms with van der Waals surface area (Å²) in [5.74, 6) is -1.07. The highest BCUT2D eigenvalue weighted by molar-refractivity contribution is 9.10. The lowest BCUT2D eigenvalue weighted by Gasteiger charge is -2.12. The second-order valence-electron chi connectivity index (χ2n) is 5.46. The Balaban J connectivity index is 1.90. The summed E-state index contributed by atoms with van der Waals surface area (Å²) in [5.41, 5.74) is 1.73. The summed E-state index contributed by atoms with van der Waals surface area (Å²) in [6.07, 6.45) is 1.84. The number of halogens is 1. The van der Waals surface area contributed by atoms with E-state index in [4.69, 9.17) is 5.11 Å². The van der Waals surface area contributed by atoms with Crippen LogP contribution in [0.25, 0.3) is 6.08 Å². The summed E-state index contributed by atoms with van der Waals surface area (Å²) in [7, 11) is 0. The molecular weight excluding hydrogens is 416 g/mol. The number of benzene rings is 2. The first-order chi connectivity index (χ1) is 12.5. The number of rotatable bonds is 4. The molecule has 0 spiro atoms. The zero-order valence-electron chi connectivity index (χ0n) is 13.8. The van der Waals surface area contributed by atoms with Crippen LogP contribution in [0.15, 0.2) is 62.9 Å². The summed E-state index contributed by atoms with van der Waals surface area (Å²) in [4.78, 5) is 30.3. The van der Waals surface area contributed by atoms with Gasteiger partial charge >= 0.3 is 5.97 Å². The summed E-state index contributed by atoms with van der Waals surface area (Å²) >= 11 is 4.74. The van der Waals surface area contributed by atoms with E-state index in [0.717, 1.165) is 10.0 Å². The summed E-state index contributed by atoms with van der Waals surface area (Å²) in [5, 5.41) is 9.55. The number of amides is 1. The number of thioether (sulfide) groups is 1.